The van der Waals surface area contributed by atoms with E-state index in [0.29, 0.717) is 25.9 Å². The number of thiazole rings is 1. The number of carbonyl (C=O) groups excluding carboxylic acids is 1. The largest absolute Gasteiger partial charge is 0.356 e. The van der Waals surface area contributed by atoms with Gasteiger partial charge in [-0.15, -0.1) is 11.3 Å². The molecule has 8 heteroatoms. The molecule has 0 aliphatic carbocycles. The molecular weight excluding hydrogens is 334 g/mol. The number of hydrogen-bond donors (Lipinski definition) is 1. The summed E-state index contributed by atoms with van der Waals surface area (Å²) in [6, 6.07) is 0.0501. The molecule has 23 heavy (non-hydrogen) atoms. The van der Waals surface area contributed by atoms with Gasteiger partial charge < -0.3 is 10.2 Å². The minimum atomic E-state index is -2.87. The summed E-state index contributed by atoms with van der Waals surface area (Å²) in [5.41, 5.74) is 1.06. The third kappa shape index (κ3) is 5.54. The molecule has 0 radical (unpaired) electrons. The van der Waals surface area contributed by atoms with E-state index in [1.807, 2.05) is 25.8 Å². The zero-order valence-electron chi connectivity index (χ0n) is 14.0. The first kappa shape index (κ1) is 18.4. The minimum Gasteiger partial charge on any atom is -0.356 e. The Morgan fingerprint density at radius 3 is 2.74 bits per heavy atom. The van der Waals surface area contributed by atoms with Gasteiger partial charge >= 0.3 is 0 Å². The molecule has 1 atom stereocenters. The van der Waals surface area contributed by atoms with Crippen molar-refractivity contribution in [3.05, 3.63) is 15.6 Å². The molecule has 0 saturated carbocycles. The van der Waals surface area contributed by atoms with Crippen LogP contribution in [0.4, 0.5) is 0 Å². The average Bonchev–Trinajstić information content (AvgIpc) is 2.99. The van der Waals surface area contributed by atoms with E-state index in [9.17, 15) is 13.2 Å². The lowest BCUT2D eigenvalue weighted by molar-refractivity contribution is -0.121. The number of amides is 1. The van der Waals surface area contributed by atoms with Crippen molar-refractivity contribution in [3.8, 4) is 0 Å². The fourth-order valence-electron chi connectivity index (χ4n) is 2.63. The van der Waals surface area contributed by atoms with Crippen LogP contribution >= 0.6 is 11.3 Å². The number of carbonyl (C=O) groups is 1. The van der Waals surface area contributed by atoms with E-state index in [0.717, 1.165) is 17.1 Å². The van der Waals surface area contributed by atoms with Crippen molar-refractivity contribution < 1.29 is 13.2 Å². The number of hydrogen-bond acceptors (Lipinski definition) is 6. The molecule has 2 rings (SSSR count). The van der Waals surface area contributed by atoms with Gasteiger partial charge in [-0.2, -0.15) is 0 Å². The Bertz CT molecular complexity index is 635. The Hall–Kier alpha value is -0.990. The second-order valence-electron chi connectivity index (χ2n) is 6.14. The van der Waals surface area contributed by atoms with Gasteiger partial charge in [-0.3, -0.25) is 4.79 Å². The third-order valence-corrected chi connectivity index (χ3v) is 7.14. The Balaban J connectivity index is 1.65. The van der Waals surface area contributed by atoms with Crippen molar-refractivity contribution in [3.63, 3.8) is 0 Å². The number of nitrogens with one attached hydrogen (secondary N) is 1. The van der Waals surface area contributed by atoms with Gasteiger partial charge in [0.05, 0.1) is 22.2 Å². The highest BCUT2D eigenvalue weighted by Gasteiger charge is 2.30. The van der Waals surface area contributed by atoms with E-state index in [2.05, 4.69) is 10.3 Å². The van der Waals surface area contributed by atoms with Crippen LogP contribution in [0, 0.1) is 13.8 Å². The molecule has 1 fully saturated rings. The van der Waals surface area contributed by atoms with Crippen LogP contribution < -0.4 is 5.32 Å². The van der Waals surface area contributed by atoms with Crippen LogP contribution in [0.25, 0.3) is 0 Å². The fraction of sp³-hybridized carbons (Fsp3) is 0.733. The summed E-state index contributed by atoms with van der Waals surface area (Å²) in [7, 11) is -0.985. The third-order valence-electron chi connectivity index (χ3n) is 4.26. The van der Waals surface area contributed by atoms with Crippen LogP contribution in [0.5, 0.6) is 0 Å². The van der Waals surface area contributed by atoms with Crippen molar-refractivity contribution in [2.24, 2.45) is 0 Å². The molecule has 0 spiro atoms. The van der Waals surface area contributed by atoms with Crippen molar-refractivity contribution in [1.82, 2.24) is 15.2 Å². The summed E-state index contributed by atoms with van der Waals surface area (Å²) in [6.07, 6.45) is 1.81. The zero-order chi connectivity index (χ0) is 17.0. The molecule has 1 saturated heterocycles. The number of aryl methyl sites for hydroxylation is 2. The molecule has 6 nitrogen and oxygen atoms in total. The van der Waals surface area contributed by atoms with E-state index in [1.54, 1.807) is 11.3 Å². The molecule has 0 bridgehead atoms. The lowest BCUT2D eigenvalue weighted by Gasteiger charge is -2.22. The smallest absolute Gasteiger partial charge is 0.221 e. The molecule has 1 aliphatic heterocycles. The molecule has 0 aromatic carbocycles. The summed E-state index contributed by atoms with van der Waals surface area (Å²) < 4.78 is 22.9. The number of rotatable bonds is 7. The van der Waals surface area contributed by atoms with Gasteiger partial charge in [-0.1, -0.05) is 0 Å². The monoisotopic (exact) mass is 359 g/mol. The molecule has 130 valence electrons. The zero-order valence-corrected chi connectivity index (χ0v) is 15.6. The normalized spacial score (nSPS) is 20.1. The maximum atomic E-state index is 11.9. The Labute approximate surface area is 142 Å². The van der Waals surface area contributed by atoms with Crippen LogP contribution in [-0.4, -0.2) is 61.9 Å². The first-order valence-corrected chi connectivity index (χ1v) is 10.5. The average molecular weight is 360 g/mol. The maximum Gasteiger partial charge on any atom is 0.221 e. The summed E-state index contributed by atoms with van der Waals surface area (Å²) >= 11 is 1.67. The molecular formula is C15H25N3O3S2. The van der Waals surface area contributed by atoms with Crippen molar-refractivity contribution in [2.45, 2.75) is 39.2 Å². The molecule has 1 amide bonds. The number of sulfone groups is 1. The van der Waals surface area contributed by atoms with Crippen LogP contribution in [0.2, 0.25) is 0 Å². The van der Waals surface area contributed by atoms with Gasteiger partial charge in [0.2, 0.25) is 5.91 Å². The Kier molecular flexibility index (Phi) is 6.16. The van der Waals surface area contributed by atoms with Gasteiger partial charge in [0, 0.05) is 36.9 Å². The molecule has 1 unspecified atom stereocenters. The van der Waals surface area contributed by atoms with E-state index in [1.165, 1.54) is 4.88 Å². The maximum absolute atomic E-state index is 11.9. The van der Waals surface area contributed by atoms with Gasteiger partial charge in [0.25, 0.3) is 0 Å². The highest BCUT2D eigenvalue weighted by atomic mass is 32.2. The molecule has 1 N–H and O–H groups in total. The van der Waals surface area contributed by atoms with Gasteiger partial charge in [-0.05, 0) is 27.3 Å². The second kappa shape index (κ2) is 7.72. The standard InChI is InChI=1S/C15H25N3O3S2/c1-11-12(2)22-15(17-11)4-7-16-14(19)5-8-18(3)13-6-9-23(20,21)10-13/h13H,4-10H2,1-3H3,(H,16,19). The van der Waals surface area contributed by atoms with E-state index < -0.39 is 9.84 Å². The molecule has 1 aromatic heterocycles. The van der Waals surface area contributed by atoms with Crippen molar-refractivity contribution in [2.75, 3.05) is 31.6 Å². The SMILES string of the molecule is Cc1nc(CCNC(=O)CCN(C)C2CCS(=O)(=O)C2)sc1C. The van der Waals surface area contributed by atoms with Crippen LogP contribution in [-0.2, 0) is 21.1 Å². The van der Waals surface area contributed by atoms with E-state index in [4.69, 9.17) is 0 Å². The summed E-state index contributed by atoms with van der Waals surface area (Å²) in [5.74, 6) is 0.483. The lowest BCUT2D eigenvalue weighted by Crippen LogP contribution is -2.36. The number of nitrogens with zero attached hydrogens (tertiary/aromatic N) is 2. The summed E-state index contributed by atoms with van der Waals surface area (Å²) in [6.45, 7) is 5.22. The predicted molar refractivity (Wildman–Crippen MR) is 92.6 cm³/mol. The lowest BCUT2D eigenvalue weighted by atomic mass is 10.2. The first-order chi connectivity index (χ1) is 10.8. The van der Waals surface area contributed by atoms with Gasteiger partial charge in [-0.25, -0.2) is 13.4 Å². The Morgan fingerprint density at radius 1 is 1.43 bits per heavy atom. The number of aromatic nitrogens is 1. The molecule has 1 aliphatic rings. The second-order valence-corrected chi connectivity index (χ2v) is 9.65. The van der Waals surface area contributed by atoms with Gasteiger partial charge in [0.15, 0.2) is 9.84 Å². The van der Waals surface area contributed by atoms with Gasteiger partial charge in [0.1, 0.15) is 0 Å². The predicted octanol–water partition coefficient (Wildman–Crippen LogP) is 0.928. The van der Waals surface area contributed by atoms with Crippen LogP contribution in [0.1, 0.15) is 28.4 Å². The quantitative estimate of drug-likeness (QED) is 0.783. The van der Waals surface area contributed by atoms with Crippen LogP contribution in [0.15, 0.2) is 0 Å². The fourth-order valence-corrected chi connectivity index (χ4v) is 5.37. The first-order valence-electron chi connectivity index (χ1n) is 7.87. The topological polar surface area (TPSA) is 79.4 Å². The van der Waals surface area contributed by atoms with E-state index in [-0.39, 0.29) is 23.5 Å². The summed E-state index contributed by atoms with van der Waals surface area (Å²) in [5, 5.41) is 3.95. The van der Waals surface area contributed by atoms with Crippen molar-refractivity contribution >= 4 is 27.1 Å². The van der Waals surface area contributed by atoms with E-state index >= 15 is 0 Å². The Morgan fingerprint density at radius 2 is 2.17 bits per heavy atom. The highest BCUT2D eigenvalue weighted by Crippen LogP contribution is 2.17. The van der Waals surface area contributed by atoms with Crippen LogP contribution in [0.3, 0.4) is 0 Å². The van der Waals surface area contributed by atoms with Crippen molar-refractivity contribution in [1.29, 1.82) is 0 Å². The molecule has 2 heterocycles. The summed E-state index contributed by atoms with van der Waals surface area (Å²) in [4.78, 5) is 19.5. The highest BCUT2D eigenvalue weighted by molar-refractivity contribution is 7.91. The molecule has 1 aromatic rings. The minimum absolute atomic E-state index is 0.00250.